The Morgan fingerprint density at radius 2 is 2.32 bits per heavy atom. The summed E-state index contributed by atoms with van der Waals surface area (Å²) in [6.07, 6.45) is 2.16. The van der Waals surface area contributed by atoms with Gasteiger partial charge < -0.3 is 15.0 Å². The molecule has 1 aromatic rings. The molecule has 1 saturated heterocycles. The van der Waals surface area contributed by atoms with E-state index in [1.54, 1.807) is 7.11 Å². The molecule has 1 N–H and O–H groups in total. The Labute approximate surface area is 122 Å². The topological polar surface area (TPSA) is 41.6 Å². The molecule has 0 radical (unpaired) electrons. The van der Waals surface area contributed by atoms with Gasteiger partial charge in [0.05, 0.1) is 12.7 Å². The van der Waals surface area contributed by atoms with Crippen molar-refractivity contribution in [2.24, 2.45) is 0 Å². The number of methoxy groups -OCH3 is 1. The lowest BCUT2D eigenvalue weighted by molar-refractivity contribution is 0.0695. The number of rotatable bonds is 3. The lowest BCUT2D eigenvalue weighted by Crippen LogP contribution is -2.47. The average molecular weight is 327 g/mol. The molecule has 1 aromatic carbocycles. The minimum absolute atomic E-state index is 0.0456. The number of halogens is 1. The van der Waals surface area contributed by atoms with E-state index in [9.17, 15) is 4.79 Å². The Hall–Kier alpha value is -1.07. The number of amides is 1. The van der Waals surface area contributed by atoms with Crippen molar-refractivity contribution in [2.45, 2.75) is 18.9 Å². The maximum atomic E-state index is 12.6. The van der Waals surface area contributed by atoms with Crippen LogP contribution in [0.5, 0.6) is 5.75 Å². The first-order valence-corrected chi connectivity index (χ1v) is 7.25. The fourth-order valence-corrected chi connectivity index (χ4v) is 2.75. The number of hydrogen-bond donors (Lipinski definition) is 1. The van der Waals surface area contributed by atoms with Crippen LogP contribution in [0.25, 0.3) is 0 Å². The van der Waals surface area contributed by atoms with Crippen LogP contribution in [0.2, 0.25) is 0 Å². The van der Waals surface area contributed by atoms with Crippen molar-refractivity contribution in [1.82, 2.24) is 10.2 Å². The Kier molecular flexibility index (Phi) is 4.82. The van der Waals surface area contributed by atoms with Gasteiger partial charge in [0.15, 0.2) is 0 Å². The molecule has 104 valence electrons. The van der Waals surface area contributed by atoms with Gasteiger partial charge in [0.2, 0.25) is 0 Å². The molecule has 0 spiro atoms. The van der Waals surface area contributed by atoms with Crippen molar-refractivity contribution in [3.8, 4) is 5.75 Å². The highest BCUT2D eigenvalue weighted by Gasteiger charge is 2.25. The van der Waals surface area contributed by atoms with E-state index in [0.717, 1.165) is 30.4 Å². The first-order chi connectivity index (χ1) is 9.15. The van der Waals surface area contributed by atoms with Crippen LogP contribution < -0.4 is 10.1 Å². The third-order valence-corrected chi connectivity index (χ3v) is 4.00. The number of likely N-dealkylation sites (tertiary alicyclic amines) is 1. The molecule has 1 fully saturated rings. The van der Waals surface area contributed by atoms with Crippen LogP contribution >= 0.6 is 15.9 Å². The molecule has 0 saturated carbocycles. The van der Waals surface area contributed by atoms with Gasteiger partial charge in [-0.3, -0.25) is 4.79 Å². The first-order valence-electron chi connectivity index (χ1n) is 6.45. The summed E-state index contributed by atoms with van der Waals surface area (Å²) < 4.78 is 6.21. The highest BCUT2D eigenvalue weighted by Crippen LogP contribution is 2.25. The standard InChI is InChI=1S/C14H19BrN2O2/c1-16-11-4-3-7-17(9-11)14(18)12-6-5-10(15)8-13(12)19-2/h5-6,8,11,16H,3-4,7,9H2,1-2H3/t11-/m1/s1. The van der Waals surface area contributed by atoms with E-state index in [1.807, 2.05) is 30.1 Å². The minimum atomic E-state index is 0.0456. The van der Waals surface area contributed by atoms with Gasteiger partial charge in [-0.15, -0.1) is 0 Å². The summed E-state index contributed by atoms with van der Waals surface area (Å²) in [7, 11) is 3.53. The van der Waals surface area contributed by atoms with Crippen molar-refractivity contribution in [3.63, 3.8) is 0 Å². The molecular weight excluding hydrogens is 308 g/mol. The van der Waals surface area contributed by atoms with Crippen molar-refractivity contribution in [2.75, 3.05) is 27.2 Å². The molecule has 0 unspecified atom stereocenters. The van der Waals surface area contributed by atoms with Gasteiger partial charge in [0, 0.05) is 23.6 Å². The molecule has 1 atom stereocenters. The molecule has 5 heteroatoms. The number of nitrogens with zero attached hydrogens (tertiary/aromatic N) is 1. The molecule has 2 rings (SSSR count). The first kappa shape index (κ1) is 14.3. The van der Waals surface area contributed by atoms with Gasteiger partial charge in [0.1, 0.15) is 5.75 Å². The van der Waals surface area contributed by atoms with Gasteiger partial charge in [-0.25, -0.2) is 0 Å². The van der Waals surface area contributed by atoms with Crippen molar-refractivity contribution in [1.29, 1.82) is 0 Å². The number of benzene rings is 1. The predicted molar refractivity (Wildman–Crippen MR) is 78.7 cm³/mol. The largest absolute Gasteiger partial charge is 0.496 e. The van der Waals surface area contributed by atoms with Gasteiger partial charge in [-0.2, -0.15) is 0 Å². The molecule has 0 aromatic heterocycles. The zero-order valence-corrected chi connectivity index (χ0v) is 12.9. The summed E-state index contributed by atoms with van der Waals surface area (Å²) in [5, 5.41) is 3.25. The quantitative estimate of drug-likeness (QED) is 0.926. The van der Waals surface area contributed by atoms with Crippen LogP contribution in [-0.2, 0) is 0 Å². The molecular formula is C14H19BrN2O2. The zero-order valence-electron chi connectivity index (χ0n) is 11.3. The summed E-state index contributed by atoms with van der Waals surface area (Å²) in [6, 6.07) is 5.90. The van der Waals surface area contributed by atoms with Gasteiger partial charge in [-0.1, -0.05) is 15.9 Å². The highest BCUT2D eigenvalue weighted by molar-refractivity contribution is 9.10. The van der Waals surface area contributed by atoms with E-state index in [4.69, 9.17) is 4.74 Å². The maximum absolute atomic E-state index is 12.6. The third kappa shape index (κ3) is 3.28. The third-order valence-electron chi connectivity index (χ3n) is 3.51. The van der Waals surface area contributed by atoms with Crippen molar-refractivity contribution in [3.05, 3.63) is 28.2 Å². The number of nitrogens with one attached hydrogen (secondary N) is 1. The van der Waals surface area contributed by atoms with Crippen LogP contribution in [0.4, 0.5) is 0 Å². The normalized spacial score (nSPS) is 19.3. The van der Waals surface area contributed by atoms with Crippen LogP contribution in [-0.4, -0.2) is 44.1 Å². The van der Waals surface area contributed by atoms with Crippen LogP contribution in [0.1, 0.15) is 23.2 Å². The smallest absolute Gasteiger partial charge is 0.257 e. The minimum Gasteiger partial charge on any atom is -0.496 e. The van der Waals surface area contributed by atoms with E-state index in [1.165, 1.54) is 0 Å². The predicted octanol–water partition coefficient (Wildman–Crippen LogP) is 2.28. The molecule has 1 aliphatic rings. The summed E-state index contributed by atoms with van der Waals surface area (Å²) in [4.78, 5) is 14.5. The van der Waals surface area contributed by atoms with E-state index in [0.29, 0.717) is 17.4 Å². The molecule has 1 amide bonds. The number of ether oxygens (including phenoxy) is 1. The monoisotopic (exact) mass is 326 g/mol. The fourth-order valence-electron chi connectivity index (χ4n) is 2.41. The highest BCUT2D eigenvalue weighted by atomic mass is 79.9. The second-order valence-electron chi connectivity index (χ2n) is 4.72. The van der Waals surface area contributed by atoms with Gasteiger partial charge in [-0.05, 0) is 38.1 Å². The van der Waals surface area contributed by atoms with Crippen molar-refractivity contribution >= 4 is 21.8 Å². The van der Waals surface area contributed by atoms with Crippen LogP contribution in [0, 0.1) is 0 Å². The van der Waals surface area contributed by atoms with E-state index in [-0.39, 0.29) is 5.91 Å². The van der Waals surface area contributed by atoms with Crippen LogP contribution in [0.15, 0.2) is 22.7 Å². The molecule has 1 heterocycles. The summed E-state index contributed by atoms with van der Waals surface area (Å²) in [5.41, 5.74) is 0.627. The van der Waals surface area contributed by atoms with E-state index in [2.05, 4.69) is 21.2 Å². The Bertz CT molecular complexity index is 465. The van der Waals surface area contributed by atoms with Gasteiger partial charge in [0.25, 0.3) is 5.91 Å². The van der Waals surface area contributed by atoms with E-state index < -0.39 is 0 Å². The van der Waals surface area contributed by atoms with Gasteiger partial charge >= 0.3 is 0 Å². The molecule has 1 aliphatic heterocycles. The number of carbonyl (C=O) groups excluding carboxylic acids is 1. The zero-order chi connectivity index (χ0) is 13.8. The lowest BCUT2D eigenvalue weighted by Gasteiger charge is -2.32. The lowest BCUT2D eigenvalue weighted by atomic mass is 10.0. The number of likely N-dealkylation sites (N-methyl/N-ethyl adjacent to an activating group) is 1. The molecule has 4 nitrogen and oxygen atoms in total. The Morgan fingerprint density at radius 1 is 1.53 bits per heavy atom. The van der Waals surface area contributed by atoms with Crippen LogP contribution in [0.3, 0.4) is 0 Å². The molecule has 0 aliphatic carbocycles. The second-order valence-corrected chi connectivity index (χ2v) is 5.64. The number of hydrogen-bond acceptors (Lipinski definition) is 3. The SMILES string of the molecule is CN[C@@H]1CCCN(C(=O)c2ccc(Br)cc2OC)C1. The number of carbonyl (C=O) groups is 1. The Morgan fingerprint density at radius 3 is 3.00 bits per heavy atom. The Balaban J connectivity index is 2.19. The van der Waals surface area contributed by atoms with E-state index >= 15 is 0 Å². The summed E-state index contributed by atoms with van der Waals surface area (Å²) >= 11 is 3.39. The summed E-state index contributed by atoms with van der Waals surface area (Å²) in [5.74, 6) is 0.662. The maximum Gasteiger partial charge on any atom is 0.257 e. The van der Waals surface area contributed by atoms with Crippen molar-refractivity contribution < 1.29 is 9.53 Å². The molecule has 0 bridgehead atoms. The number of piperidine rings is 1. The summed E-state index contributed by atoms with van der Waals surface area (Å²) in [6.45, 7) is 1.57. The fraction of sp³-hybridized carbons (Fsp3) is 0.500. The molecule has 19 heavy (non-hydrogen) atoms. The average Bonchev–Trinajstić information content (AvgIpc) is 2.46. The second kappa shape index (κ2) is 6.39.